The second-order valence-corrected chi connectivity index (χ2v) is 8.21. The molecule has 0 bridgehead atoms. The van der Waals surface area contributed by atoms with Crippen molar-refractivity contribution in [3.63, 3.8) is 0 Å². The largest absolute Gasteiger partial charge is 0.393 e. The second-order valence-electron chi connectivity index (χ2n) is 8.21. The third-order valence-corrected chi connectivity index (χ3v) is 5.51. The third kappa shape index (κ3) is 21.7. The Morgan fingerprint density at radius 2 is 0.885 bits per heavy atom. The molecule has 0 aromatic heterocycles. The van der Waals surface area contributed by atoms with E-state index in [4.69, 9.17) is 0 Å². The molecule has 1 N–H and O–H groups in total. The van der Waals surface area contributed by atoms with E-state index in [-0.39, 0.29) is 0 Å². The van der Waals surface area contributed by atoms with Gasteiger partial charge in [-0.25, -0.2) is 0 Å². The maximum absolute atomic E-state index is 10.3. The minimum absolute atomic E-state index is 0.305. The zero-order chi connectivity index (χ0) is 19.1. The van der Waals surface area contributed by atoms with Crippen molar-refractivity contribution in [1.82, 2.24) is 0 Å². The zero-order valence-electron chi connectivity index (χ0n) is 17.9. The summed E-state index contributed by atoms with van der Waals surface area (Å²) < 4.78 is 0. The summed E-state index contributed by atoms with van der Waals surface area (Å²) >= 11 is 0. The molecule has 0 fully saturated rings. The number of carbonyl (C=O) groups excluding carboxylic acids is 1. The van der Waals surface area contributed by atoms with E-state index in [1.54, 1.807) is 0 Å². The lowest BCUT2D eigenvalue weighted by Crippen LogP contribution is -2.06. The average molecular weight is 369 g/mol. The molecule has 0 amide bonds. The van der Waals surface area contributed by atoms with Crippen molar-refractivity contribution in [2.45, 2.75) is 148 Å². The lowest BCUT2D eigenvalue weighted by molar-refractivity contribution is -0.109. The van der Waals surface area contributed by atoms with Gasteiger partial charge in [0.15, 0.2) is 0 Å². The van der Waals surface area contributed by atoms with E-state index in [9.17, 15) is 9.90 Å². The highest BCUT2D eigenvalue weighted by molar-refractivity contribution is 5.49. The van der Waals surface area contributed by atoms with Crippen LogP contribution in [0.1, 0.15) is 142 Å². The molecule has 156 valence electrons. The minimum atomic E-state index is -0.404. The molecule has 0 saturated heterocycles. The molecule has 2 nitrogen and oxygen atoms in total. The Labute approximate surface area is 164 Å². The molecule has 2 heteroatoms. The SMILES string of the molecule is CCCCCCCCCCCCCCCCCCCCCC(O)CC=O. The number of rotatable bonds is 22. The average Bonchev–Trinajstić information content (AvgIpc) is 2.64. The first-order valence-electron chi connectivity index (χ1n) is 11.9. The van der Waals surface area contributed by atoms with E-state index in [1.165, 1.54) is 116 Å². The van der Waals surface area contributed by atoms with Crippen LogP contribution in [-0.2, 0) is 4.79 Å². The lowest BCUT2D eigenvalue weighted by atomic mass is 10.0. The molecule has 0 aliphatic rings. The van der Waals surface area contributed by atoms with Crippen molar-refractivity contribution in [1.29, 1.82) is 0 Å². The number of aldehydes is 1. The van der Waals surface area contributed by atoms with Gasteiger partial charge in [0.25, 0.3) is 0 Å². The molecule has 0 aromatic carbocycles. The Balaban J connectivity index is 3.02. The van der Waals surface area contributed by atoms with Crippen LogP contribution in [0.25, 0.3) is 0 Å². The predicted molar refractivity (Wildman–Crippen MR) is 115 cm³/mol. The summed E-state index contributed by atoms with van der Waals surface area (Å²) in [5.74, 6) is 0. The van der Waals surface area contributed by atoms with Gasteiger partial charge in [-0.15, -0.1) is 0 Å². The topological polar surface area (TPSA) is 37.3 Å². The maximum Gasteiger partial charge on any atom is 0.122 e. The highest BCUT2D eigenvalue weighted by Crippen LogP contribution is 2.15. The Morgan fingerprint density at radius 1 is 0.577 bits per heavy atom. The van der Waals surface area contributed by atoms with Crippen molar-refractivity contribution >= 4 is 6.29 Å². The second kappa shape index (κ2) is 22.7. The van der Waals surface area contributed by atoms with E-state index in [1.807, 2.05) is 0 Å². The minimum Gasteiger partial charge on any atom is -0.393 e. The van der Waals surface area contributed by atoms with Crippen LogP contribution in [0.2, 0.25) is 0 Å². The molecule has 0 saturated carbocycles. The quantitative estimate of drug-likeness (QED) is 0.157. The number of hydrogen-bond acceptors (Lipinski definition) is 2. The van der Waals surface area contributed by atoms with Gasteiger partial charge in [-0.05, 0) is 6.42 Å². The first-order valence-corrected chi connectivity index (χ1v) is 11.9. The number of carbonyl (C=O) groups is 1. The maximum atomic E-state index is 10.3. The smallest absolute Gasteiger partial charge is 0.122 e. The van der Waals surface area contributed by atoms with Crippen molar-refractivity contribution in [3.05, 3.63) is 0 Å². The Morgan fingerprint density at radius 3 is 1.19 bits per heavy atom. The van der Waals surface area contributed by atoms with Crippen LogP contribution >= 0.6 is 0 Å². The molecule has 26 heavy (non-hydrogen) atoms. The number of unbranched alkanes of at least 4 members (excludes halogenated alkanes) is 18. The van der Waals surface area contributed by atoms with Crippen LogP contribution in [0.5, 0.6) is 0 Å². The third-order valence-electron chi connectivity index (χ3n) is 5.51. The molecular formula is C24H48O2. The Bertz CT molecular complexity index is 265. The van der Waals surface area contributed by atoms with Gasteiger partial charge in [0.05, 0.1) is 6.10 Å². The van der Waals surface area contributed by atoms with Gasteiger partial charge in [-0.1, -0.05) is 129 Å². The van der Waals surface area contributed by atoms with Gasteiger partial charge in [0, 0.05) is 6.42 Å². The van der Waals surface area contributed by atoms with Crippen LogP contribution in [0.15, 0.2) is 0 Å². The lowest BCUT2D eigenvalue weighted by Gasteiger charge is -2.06. The number of aliphatic hydroxyl groups is 1. The van der Waals surface area contributed by atoms with Crippen molar-refractivity contribution in [3.8, 4) is 0 Å². The summed E-state index contributed by atoms with van der Waals surface area (Å²) in [5, 5.41) is 9.46. The summed E-state index contributed by atoms with van der Waals surface area (Å²) in [7, 11) is 0. The van der Waals surface area contributed by atoms with Crippen LogP contribution in [-0.4, -0.2) is 17.5 Å². The summed E-state index contributed by atoms with van der Waals surface area (Å²) in [6.07, 6.45) is 27.8. The summed E-state index contributed by atoms with van der Waals surface area (Å²) in [6, 6.07) is 0. The Hall–Kier alpha value is -0.370. The fourth-order valence-corrected chi connectivity index (χ4v) is 3.69. The summed E-state index contributed by atoms with van der Waals surface area (Å²) in [5.41, 5.74) is 0. The van der Waals surface area contributed by atoms with Crippen LogP contribution in [0.4, 0.5) is 0 Å². The first-order chi connectivity index (χ1) is 12.8. The molecule has 0 aliphatic heterocycles. The molecule has 0 aliphatic carbocycles. The molecular weight excluding hydrogens is 320 g/mol. The Kier molecular flexibility index (Phi) is 22.3. The molecule has 1 atom stereocenters. The van der Waals surface area contributed by atoms with Gasteiger partial charge >= 0.3 is 0 Å². The number of aliphatic hydroxyl groups excluding tert-OH is 1. The predicted octanol–water partition coefficient (Wildman–Crippen LogP) is 7.76. The molecule has 0 spiro atoms. The van der Waals surface area contributed by atoms with E-state index in [0.29, 0.717) is 6.42 Å². The standard InChI is InChI=1S/C24H48O2/c1-2-3-4-5-6-7-8-9-10-11-12-13-14-15-16-17-18-19-20-21-24(26)22-23-25/h23-24,26H,2-22H2,1H3. The molecule has 0 radical (unpaired) electrons. The van der Waals surface area contributed by atoms with Crippen molar-refractivity contribution < 1.29 is 9.90 Å². The fraction of sp³-hybridized carbons (Fsp3) is 0.958. The highest BCUT2D eigenvalue weighted by atomic mass is 16.3. The van der Waals surface area contributed by atoms with Crippen LogP contribution in [0, 0.1) is 0 Å². The molecule has 0 aromatic rings. The molecule has 0 rings (SSSR count). The molecule has 1 unspecified atom stereocenters. The summed E-state index contributed by atoms with van der Waals surface area (Å²) in [4.78, 5) is 10.3. The molecule has 0 heterocycles. The van der Waals surface area contributed by atoms with Crippen LogP contribution < -0.4 is 0 Å². The van der Waals surface area contributed by atoms with E-state index in [0.717, 1.165) is 19.1 Å². The van der Waals surface area contributed by atoms with E-state index in [2.05, 4.69) is 6.92 Å². The van der Waals surface area contributed by atoms with Crippen LogP contribution in [0.3, 0.4) is 0 Å². The monoisotopic (exact) mass is 368 g/mol. The summed E-state index contributed by atoms with van der Waals surface area (Å²) in [6.45, 7) is 2.29. The fourth-order valence-electron chi connectivity index (χ4n) is 3.69. The van der Waals surface area contributed by atoms with E-state index < -0.39 is 6.10 Å². The van der Waals surface area contributed by atoms with Crippen molar-refractivity contribution in [2.24, 2.45) is 0 Å². The van der Waals surface area contributed by atoms with Gasteiger partial charge in [0.2, 0.25) is 0 Å². The number of hydrogen-bond donors (Lipinski definition) is 1. The normalized spacial score (nSPS) is 12.4. The van der Waals surface area contributed by atoms with E-state index >= 15 is 0 Å². The van der Waals surface area contributed by atoms with Gasteiger partial charge in [0.1, 0.15) is 6.29 Å². The van der Waals surface area contributed by atoms with Crippen molar-refractivity contribution in [2.75, 3.05) is 0 Å². The first kappa shape index (κ1) is 25.6. The van der Waals surface area contributed by atoms with Gasteiger partial charge in [-0.2, -0.15) is 0 Å². The van der Waals surface area contributed by atoms with Gasteiger partial charge in [-0.3, -0.25) is 0 Å². The zero-order valence-corrected chi connectivity index (χ0v) is 17.9. The van der Waals surface area contributed by atoms with Gasteiger partial charge < -0.3 is 9.90 Å². The highest BCUT2D eigenvalue weighted by Gasteiger charge is 2.02.